The minimum atomic E-state index is -0.643. The molecule has 0 bridgehead atoms. The molecule has 0 aliphatic heterocycles. The van der Waals surface area contributed by atoms with Crippen LogP contribution in [0, 0.1) is 12.8 Å². The van der Waals surface area contributed by atoms with Crippen molar-refractivity contribution in [2.45, 2.75) is 53.4 Å². The van der Waals surface area contributed by atoms with Crippen LogP contribution in [0.5, 0.6) is 0 Å². The number of carbonyl (C=O) groups is 2. The highest BCUT2D eigenvalue weighted by molar-refractivity contribution is 5.94. The molecule has 0 saturated heterocycles. The molecule has 0 radical (unpaired) electrons. The van der Waals surface area contributed by atoms with E-state index < -0.39 is 5.97 Å². The van der Waals surface area contributed by atoms with E-state index in [4.69, 9.17) is 5.11 Å². The van der Waals surface area contributed by atoms with Crippen LogP contribution in [0.15, 0.2) is 48.5 Å². The topological polar surface area (TPSA) is 54.4 Å². The standard InChI is InChI=1S/C15H14O.C8H16O2/c1-11-5-3-4-6-15(11)14-9-7-13(8-10-14)12(2)16;1-3-5-6-7(4-2)8(9)10/h3-10H,1-2H3;7H,3-6H2,1-2H3,(H,9,10). The maximum Gasteiger partial charge on any atom is 0.306 e. The number of ketones is 1. The number of rotatable bonds is 7. The molecule has 2 rings (SSSR count). The van der Waals surface area contributed by atoms with E-state index in [9.17, 15) is 9.59 Å². The molecular formula is C23H30O3. The summed E-state index contributed by atoms with van der Waals surface area (Å²) >= 11 is 0. The summed E-state index contributed by atoms with van der Waals surface area (Å²) in [7, 11) is 0. The van der Waals surface area contributed by atoms with Crippen LogP contribution >= 0.6 is 0 Å². The molecule has 0 fully saturated rings. The van der Waals surface area contributed by atoms with Crippen LogP contribution in [0.3, 0.4) is 0 Å². The Bertz CT molecular complexity index is 702. The van der Waals surface area contributed by atoms with Gasteiger partial charge in [0.2, 0.25) is 0 Å². The Labute approximate surface area is 157 Å². The number of carboxylic acid groups (broad SMARTS) is 1. The second kappa shape index (κ2) is 11.2. The molecule has 26 heavy (non-hydrogen) atoms. The van der Waals surface area contributed by atoms with Crippen molar-refractivity contribution in [1.29, 1.82) is 0 Å². The highest BCUT2D eigenvalue weighted by Crippen LogP contribution is 2.23. The molecule has 2 aromatic rings. The Hall–Kier alpha value is -2.42. The number of hydrogen-bond donors (Lipinski definition) is 1. The first-order valence-electron chi connectivity index (χ1n) is 9.30. The van der Waals surface area contributed by atoms with Crippen molar-refractivity contribution in [2.75, 3.05) is 0 Å². The van der Waals surface area contributed by atoms with Crippen LogP contribution < -0.4 is 0 Å². The second-order valence-corrected chi connectivity index (χ2v) is 6.53. The minimum Gasteiger partial charge on any atom is -0.481 e. The zero-order chi connectivity index (χ0) is 19.5. The minimum absolute atomic E-state index is 0.108. The van der Waals surface area contributed by atoms with E-state index in [2.05, 4.69) is 26.0 Å². The van der Waals surface area contributed by atoms with Crippen molar-refractivity contribution in [3.05, 3.63) is 59.7 Å². The maximum absolute atomic E-state index is 11.2. The number of benzene rings is 2. The van der Waals surface area contributed by atoms with Gasteiger partial charge in [0.1, 0.15) is 0 Å². The lowest BCUT2D eigenvalue weighted by Crippen LogP contribution is -2.11. The number of aryl methyl sites for hydroxylation is 1. The van der Waals surface area contributed by atoms with Gasteiger partial charge in [0.25, 0.3) is 0 Å². The van der Waals surface area contributed by atoms with E-state index in [1.807, 2.05) is 43.3 Å². The first-order valence-corrected chi connectivity index (χ1v) is 9.30. The zero-order valence-corrected chi connectivity index (χ0v) is 16.3. The van der Waals surface area contributed by atoms with E-state index in [1.165, 1.54) is 11.1 Å². The fourth-order valence-electron chi connectivity index (χ4n) is 2.73. The Morgan fingerprint density at radius 3 is 2.08 bits per heavy atom. The molecule has 0 aromatic heterocycles. The lowest BCUT2D eigenvalue weighted by molar-refractivity contribution is -0.142. The molecule has 0 amide bonds. The van der Waals surface area contributed by atoms with E-state index in [0.29, 0.717) is 0 Å². The molecule has 3 nitrogen and oxygen atoms in total. The van der Waals surface area contributed by atoms with Crippen LogP contribution in [-0.2, 0) is 4.79 Å². The summed E-state index contributed by atoms with van der Waals surface area (Å²) in [5.74, 6) is -0.646. The molecular weight excluding hydrogens is 324 g/mol. The number of hydrogen-bond acceptors (Lipinski definition) is 2. The first-order chi connectivity index (χ1) is 12.4. The summed E-state index contributed by atoms with van der Waals surface area (Å²) in [5.41, 5.74) is 4.39. The van der Waals surface area contributed by atoms with Crippen LogP contribution in [0.25, 0.3) is 11.1 Å². The van der Waals surface area contributed by atoms with Gasteiger partial charge in [-0.15, -0.1) is 0 Å². The number of unbranched alkanes of at least 4 members (excludes halogenated alkanes) is 1. The third-order valence-electron chi connectivity index (χ3n) is 4.50. The van der Waals surface area contributed by atoms with Gasteiger partial charge in [-0.1, -0.05) is 75.2 Å². The average molecular weight is 354 g/mol. The van der Waals surface area contributed by atoms with Crippen molar-refractivity contribution in [3.63, 3.8) is 0 Å². The number of carbonyl (C=O) groups excluding carboxylic acids is 1. The van der Waals surface area contributed by atoms with E-state index >= 15 is 0 Å². The second-order valence-electron chi connectivity index (χ2n) is 6.53. The lowest BCUT2D eigenvalue weighted by Gasteiger charge is -2.06. The zero-order valence-electron chi connectivity index (χ0n) is 16.3. The maximum atomic E-state index is 11.2. The Balaban J connectivity index is 0.000000294. The molecule has 0 heterocycles. The van der Waals surface area contributed by atoms with E-state index in [-0.39, 0.29) is 11.7 Å². The molecule has 2 aromatic carbocycles. The molecule has 0 aliphatic carbocycles. The molecule has 0 saturated carbocycles. The molecule has 1 N–H and O–H groups in total. The Morgan fingerprint density at radius 2 is 1.62 bits per heavy atom. The van der Waals surface area contributed by atoms with Crippen LogP contribution in [0.4, 0.5) is 0 Å². The predicted octanol–water partition coefficient (Wildman–Crippen LogP) is 6.15. The molecule has 1 unspecified atom stereocenters. The van der Waals surface area contributed by atoms with Gasteiger partial charge < -0.3 is 5.11 Å². The van der Waals surface area contributed by atoms with Crippen LogP contribution in [0.2, 0.25) is 0 Å². The molecule has 3 heteroatoms. The van der Waals surface area contributed by atoms with E-state index in [1.54, 1.807) is 6.92 Å². The normalized spacial score (nSPS) is 11.2. The third kappa shape index (κ3) is 6.83. The fourth-order valence-corrected chi connectivity index (χ4v) is 2.73. The summed E-state index contributed by atoms with van der Waals surface area (Å²) in [6, 6.07) is 16.0. The predicted molar refractivity (Wildman–Crippen MR) is 108 cm³/mol. The summed E-state index contributed by atoms with van der Waals surface area (Å²) in [6.07, 6.45) is 3.71. The highest BCUT2D eigenvalue weighted by atomic mass is 16.4. The van der Waals surface area contributed by atoms with Crippen molar-refractivity contribution >= 4 is 11.8 Å². The fraction of sp³-hybridized carbons (Fsp3) is 0.391. The summed E-state index contributed by atoms with van der Waals surface area (Å²) in [5, 5.41) is 8.60. The number of carboxylic acids is 1. The monoisotopic (exact) mass is 354 g/mol. The molecule has 0 aliphatic rings. The largest absolute Gasteiger partial charge is 0.481 e. The lowest BCUT2D eigenvalue weighted by atomic mass is 9.99. The third-order valence-corrected chi connectivity index (χ3v) is 4.50. The van der Waals surface area contributed by atoms with Gasteiger partial charge in [0.15, 0.2) is 5.78 Å². The van der Waals surface area contributed by atoms with Gasteiger partial charge in [-0.3, -0.25) is 9.59 Å². The van der Waals surface area contributed by atoms with Gasteiger partial charge in [0.05, 0.1) is 5.92 Å². The number of Topliss-reactive ketones (excluding diaryl/α,β-unsaturated/α-hetero) is 1. The van der Waals surface area contributed by atoms with E-state index in [0.717, 1.165) is 36.8 Å². The highest BCUT2D eigenvalue weighted by Gasteiger charge is 2.12. The first kappa shape index (κ1) is 21.6. The van der Waals surface area contributed by atoms with Gasteiger partial charge in [-0.05, 0) is 43.4 Å². The molecule has 1 atom stereocenters. The summed E-state index contributed by atoms with van der Waals surface area (Å²) in [4.78, 5) is 21.6. The van der Waals surface area contributed by atoms with Crippen molar-refractivity contribution < 1.29 is 14.7 Å². The smallest absolute Gasteiger partial charge is 0.306 e. The molecule has 140 valence electrons. The van der Waals surface area contributed by atoms with Crippen LogP contribution in [-0.4, -0.2) is 16.9 Å². The summed E-state index contributed by atoms with van der Waals surface area (Å²) in [6.45, 7) is 7.68. The van der Waals surface area contributed by atoms with Gasteiger partial charge in [-0.25, -0.2) is 0 Å². The SMILES string of the molecule is CC(=O)c1ccc(-c2ccccc2C)cc1.CCCCC(CC)C(=O)O. The van der Waals surface area contributed by atoms with Crippen molar-refractivity contribution in [3.8, 4) is 11.1 Å². The van der Waals surface area contributed by atoms with Crippen molar-refractivity contribution in [1.82, 2.24) is 0 Å². The van der Waals surface area contributed by atoms with Crippen molar-refractivity contribution in [2.24, 2.45) is 5.92 Å². The van der Waals surface area contributed by atoms with Gasteiger partial charge >= 0.3 is 5.97 Å². The van der Waals surface area contributed by atoms with Gasteiger partial charge in [0, 0.05) is 5.56 Å². The van der Waals surface area contributed by atoms with Gasteiger partial charge in [-0.2, -0.15) is 0 Å². The number of aliphatic carboxylic acids is 1. The molecule has 0 spiro atoms. The Kier molecular flexibility index (Phi) is 9.35. The quantitative estimate of drug-likeness (QED) is 0.606. The summed E-state index contributed by atoms with van der Waals surface area (Å²) < 4.78 is 0. The van der Waals surface area contributed by atoms with Crippen LogP contribution in [0.1, 0.15) is 62.4 Å². The average Bonchev–Trinajstić information content (AvgIpc) is 2.63. The Morgan fingerprint density at radius 1 is 1.00 bits per heavy atom.